The SMILES string of the molecule is OCc1ccccc1Nc1ncnc(Cl)n1. The summed E-state index contributed by atoms with van der Waals surface area (Å²) in [5, 5.41) is 12.2. The lowest BCUT2D eigenvalue weighted by molar-refractivity contribution is 0.282. The first kappa shape index (κ1) is 10.8. The van der Waals surface area contributed by atoms with Crippen molar-refractivity contribution in [2.24, 2.45) is 0 Å². The third-order valence-electron chi connectivity index (χ3n) is 1.98. The summed E-state index contributed by atoms with van der Waals surface area (Å²) in [6.45, 7) is -0.0536. The van der Waals surface area contributed by atoms with Gasteiger partial charge in [-0.05, 0) is 17.7 Å². The molecule has 0 radical (unpaired) electrons. The minimum absolute atomic E-state index is 0.0536. The average molecular weight is 237 g/mol. The van der Waals surface area contributed by atoms with E-state index in [9.17, 15) is 0 Å². The number of aliphatic hydroxyl groups excluding tert-OH is 1. The molecule has 1 heterocycles. The first-order chi connectivity index (χ1) is 7.79. The summed E-state index contributed by atoms with van der Waals surface area (Å²) in [5.74, 6) is 0.348. The summed E-state index contributed by atoms with van der Waals surface area (Å²) in [6.07, 6.45) is 1.32. The number of nitrogens with one attached hydrogen (secondary N) is 1. The number of anilines is 2. The molecule has 0 saturated heterocycles. The van der Waals surface area contributed by atoms with Crippen molar-refractivity contribution in [2.75, 3.05) is 5.32 Å². The molecule has 0 bridgehead atoms. The van der Waals surface area contributed by atoms with Crippen molar-refractivity contribution in [1.29, 1.82) is 0 Å². The Balaban J connectivity index is 2.26. The molecular weight excluding hydrogens is 228 g/mol. The molecule has 5 nitrogen and oxygen atoms in total. The van der Waals surface area contributed by atoms with Crippen molar-refractivity contribution in [3.8, 4) is 0 Å². The van der Waals surface area contributed by atoms with E-state index in [4.69, 9.17) is 16.7 Å². The smallest absolute Gasteiger partial charge is 0.231 e. The molecular formula is C10H9ClN4O. The molecule has 2 rings (SSSR count). The number of rotatable bonds is 3. The van der Waals surface area contributed by atoms with Gasteiger partial charge in [-0.3, -0.25) is 0 Å². The van der Waals surface area contributed by atoms with E-state index in [0.29, 0.717) is 5.95 Å². The molecule has 0 spiro atoms. The van der Waals surface area contributed by atoms with Crippen LogP contribution in [-0.2, 0) is 6.61 Å². The second-order valence-corrected chi connectivity index (χ2v) is 3.36. The minimum atomic E-state index is -0.0536. The molecule has 0 unspecified atom stereocenters. The third kappa shape index (κ3) is 2.44. The van der Waals surface area contributed by atoms with E-state index < -0.39 is 0 Å². The van der Waals surface area contributed by atoms with Gasteiger partial charge < -0.3 is 10.4 Å². The van der Waals surface area contributed by atoms with Gasteiger partial charge in [0.2, 0.25) is 11.2 Å². The zero-order valence-corrected chi connectivity index (χ0v) is 9.02. The highest BCUT2D eigenvalue weighted by Gasteiger charge is 2.03. The van der Waals surface area contributed by atoms with Gasteiger partial charge in [0.25, 0.3) is 0 Å². The van der Waals surface area contributed by atoms with Crippen molar-refractivity contribution in [1.82, 2.24) is 15.0 Å². The number of para-hydroxylation sites is 1. The molecule has 0 atom stereocenters. The van der Waals surface area contributed by atoms with E-state index in [-0.39, 0.29) is 11.9 Å². The van der Waals surface area contributed by atoms with Crippen LogP contribution in [0.4, 0.5) is 11.6 Å². The lowest BCUT2D eigenvalue weighted by atomic mass is 10.2. The Hall–Kier alpha value is -1.72. The lowest BCUT2D eigenvalue weighted by Gasteiger charge is -2.08. The number of aromatic nitrogens is 3. The minimum Gasteiger partial charge on any atom is -0.392 e. The van der Waals surface area contributed by atoms with Crippen molar-refractivity contribution in [2.45, 2.75) is 6.61 Å². The lowest BCUT2D eigenvalue weighted by Crippen LogP contribution is -2.00. The van der Waals surface area contributed by atoms with Crippen LogP contribution in [-0.4, -0.2) is 20.1 Å². The van der Waals surface area contributed by atoms with Gasteiger partial charge in [0.15, 0.2) is 0 Å². The number of hydrogen-bond acceptors (Lipinski definition) is 5. The number of hydrogen-bond donors (Lipinski definition) is 2. The Morgan fingerprint density at radius 1 is 1.25 bits per heavy atom. The maximum absolute atomic E-state index is 9.13. The Kier molecular flexibility index (Phi) is 3.28. The molecule has 0 aliphatic carbocycles. The fourth-order valence-corrected chi connectivity index (χ4v) is 1.36. The fourth-order valence-electron chi connectivity index (χ4n) is 1.24. The Labute approximate surface area is 97.2 Å². The molecule has 0 amide bonds. The standard InChI is InChI=1S/C10H9ClN4O/c11-9-12-6-13-10(15-9)14-8-4-2-1-3-7(8)5-16/h1-4,6,16H,5H2,(H,12,13,14,15). The van der Waals surface area contributed by atoms with Crippen LogP contribution in [0.3, 0.4) is 0 Å². The van der Waals surface area contributed by atoms with Gasteiger partial charge in [-0.25, -0.2) is 9.97 Å². The van der Waals surface area contributed by atoms with Gasteiger partial charge in [0.1, 0.15) is 6.33 Å². The van der Waals surface area contributed by atoms with E-state index in [1.165, 1.54) is 6.33 Å². The quantitative estimate of drug-likeness (QED) is 0.850. The van der Waals surface area contributed by atoms with Crippen molar-refractivity contribution >= 4 is 23.2 Å². The maximum Gasteiger partial charge on any atom is 0.231 e. The topological polar surface area (TPSA) is 70.9 Å². The van der Waals surface area contributed by atoms with Crippen LogP contribution in [0.15, 0.2) is 30.6 Å². The molecule has 82 valence electrons. The van der Waals surface area contributed by atoms with E-state index in [1.54, 1.807) is 0 Å². The van der Waals surface area contributed by atoms with Gasteiger partial charge in [0.05, 0.1) is 6.61 Å². The molecule has 1 aromatic carbocycles. The predicted octanol–water partition coefficient (Wildman–Crippen LogP) is 1.76. The van der Waals surface area contributed by atoms with Crippen LogP contribution < -0.4 is 5.32 Å². The number of benzene rings is 1. The van der Waals surface area contributed by atoms with E-state index in [2.05, 4.69) is 20.3 Å². The molecule has 0 saturated carbocycles. The summed E-state index contributed by atoms with van der Waals surface area (Å²) >= 11 is 5.63. The number of nitrogens with zero attached hydrogens (tertiary/aromatic N) is 3. The van der Waals surface area contributed by atoms with Crippen molar-refractivity contribution < 1.29 is 5.11 Å². The highest BCUT2D eigenvalue weighted by atomic mass is 35.5. The summed E-state index contributed by atoms with van der Waals surface area (Å²) in [4.78, 5) is 11.5. The highest BCUT2D eigenvalue weighted by molar-refractivity contribution is 6.28. The van der Waals surface area contributed by atoms with Crippen LogP contribution in [0.25, 0.3) is 0 Å². The average Bonchev–Trinajstić information content (AvgIpc) is 2.30. The Bertz CT molecular complexity index is 492. The van der Waals surface area contributed by atoms with Gasteiger partial charge in [0, 0.05) is 11.3 Å². The largest absolute Gasteiger partial charge is 0.392 e. The summed E-state index contributed by atoms with van der Waals surface area (Å²) < 4.78 is 0. The van der Waals surface area contributed by atoms with Crippen LogP contribution in [0, 0.1) is 0 Å². The summed E-state index contributed by atoms with van der Waals surface area (Å²) in [5.41, 5.74) is 1.51. The zero-order chi connectivity index (χ0) is 11.4. The molecule has 6 heteroatoms. The number of halogens is 1. The Morgan fingerprint density at radius 3 is 2.81 bits per heavy atom. The molecule has 2 N–H and O–H groups in total. The van der Waals surface area contributed by atoms with Gasteiger partial charge in [-0.15, -0.1) is 0 Å². The second-order valence-electron chi connectivity index (χ2n) is 3.02. The highest BCUT2D eigenvalue weighted by Crippen LogP contribution is 2.18. The zero-order valence-electron chi connectivity index (χ0n) is 8.26. The first-order valence-electron chi connectivity index (χ1n) is 4.60. The molecule has 2 aromatic rings. The van der Waals surface area contributed by atoms with Gasteiger partial charge in [-0.1, -0.05) is 18.2 Å². The molecule has 0 aliphatic rings. The molecule has 1 aromatic heterocycles. The second kappa shape index (κ2) is 4.87. The van der Waals surface area contributed by atoms with E-state index in [1.807, 2.05) is 24.3 Å². The number of aliphatic hydroxyl groups is 1. The van der Waals surface area contributed by atoms with Crippen molar-refractivity contribution in [3.05, 3.63) is 41.4 Å². The van der Waals surface area contributed by atoms with E-state index in [0.717, 1.165) is 11.3 Å². The van der Waals surface area contributed by atoms with Crippen molar-refractivity contribution in [3.63, 3.8) is 0 Å². The van der Waals surface area contributed by atoms with Gasteiger partial charge >= 0.3 is 0 Å². The maximum atomic E-state index is 9.13. The first-order valence-corrected chi connectivity index (χ1v) is 4.97. The molecule has 0 aliphatic heterocycles. The van der Waals surface area contributed by atoms with Crippen LogP contribution >= 0.6 is 11.6 Å². The molecule has 0 fully saturated rings. The van der Waals surface area contributed by atoms with Crippen LogP contribution in [0.1, 0.15) is 5.56 Å². The van der Waals surface area contributed by atoms with Gasteiger partial charge in [-0.2, -0.15) is 4.98 Å². The molecule has 16 heavy (non-hydrogen) atoms. The Morgan fingerprint density at radius 2 is 2.06 bits per heavy atom. The normalized spacial score (nSPS) is 10.1. The third-order valence-corrected chi connectivity index (χ3v) is 2.16. The van der Waals surface area contributed by atoms with E-state index >= 15 is 0 Å². The summed E-state index contributed by atoms with van der Waals surface area (Å²) in [7, 11) is 0. The predicted molar refractivity (Wildman–Crippen MR) is 60.5 cm³/mol. The summed E-state index contributed by atoms with van der Waals surface area (Å²) in [6, 6.07) is 7.33. The van der Waals surface area contributed by atoms with Crippen LogP contribution in [0.2, 0.25) is 5.28 Å². The fraction of sp³-hybridized carbons (Fsp3) is 0.100. The van der Waals surface area contributed by atoms with Crippen LogP contribution in [0.5, 0.6) is 0 Å². The monoisotopic (exact) mass is 236 g/mol.